The maximum atomic E-state index is 11.9. The fourth-order valence-corrected chi connectivity index (χ4v) is 2.21. The van der Waals surface area contributed by atoms with Crippen LogP contribution in [0.3, 0.4) is 0 Å². The smallest absolute Gasteiger partial charge is 0.163 e. The maximum Gasteiger partial charge on any atom is 0.163 e. The molecule has 92 valence electrons. The van der Waals surface area contributed by atoms with Gasteiger partial charge in [0.1, 0.15) is 0 Å². The fraction of sp³-hybridized carbons (Fsp3) is 0.417. The minimum absolute atomic E-state index is 0.00602. The topological polar surface area (TPSA) is 35.5 Å². The second-order valence-corrected chi connectivity index (χ2v) is 4.66. The van der Waals surface area contributed by atoms with Crippen molar-refractivity contribution in [3.05, 3.63) is 33.8 Å². The van der Waals surface area contributed by atoms with Gasteiger partial charge in [0.05, 0.1) is 13.2 Å². The minimum Gasteiger partial charge on any atom is -0.350 e. The van der Waals surface area contributed by atoms with Crippen molar-refractivity contribution in [1.29, 1.82) is 0 Å². The molecule has 17 heavy (non-hydrogen) atoms. The molecule has 0 unspecified atom stereocenters. The second kappa shape index (κ2) is 5.83. The highest BCUT2D eigenvalue weighted by molar-refractivity contribution is 6.35. The van der Waals surface area contributed by atoms with Crippen molar-refractivity contribution >= 4 is 29.0 Å². The Bertz CT molecular complexity index is 394. The van der Waals surface area contributed by atoms with Crippen LogP contribution in [-0.2, 0) is 9.47 Å². The molecule has 0 radical (unpaired) electrons. The van der Waals surface area contributed by atoms with Gasteiger partial charge in [-0.05, 0) is 18.2 Å². The van der Waals surface area contributed by atoms with E-state index in [2.05, 4.69) is 0 Å². The Morgan fingerprint density at radius 3 is 2.35 bits per heavy atom. The number of ketones is 1. The molecule has 0 aromatic heterocycles. The van der Waals surface area contributed by atoms with Gasteiger partial charge in [-0.15, -0.1) is 0 Å². The van der Waals surface area contributed by atoms with Crippen molar-refractivity contribution in [2.45, 2.75) is 19.1 Å². The first-order chi connectivity index (χ1) is 8.15. The molecule has 1 heterocycles. The quantitative estimate of drug-likeness (QED) is 0.791. The van der Waals surface area contributed by atoms with Crippen LogP contribution in [0, 0.1) is 0 Å². The Hall–Kier alpha value is -0.610. The molecule has 0 bridgehead atoms. The Labute approximate surface area is 110 Å². The summed E-state index contributed by atoms with van der Waals surface area (Å²) in [6.45, 7) is 1.20. The van der Waals surface area contributed by atoms with E-state index in [0.717, 1.165) is 0 Å². The Kier molecular flexibility index (Phi) is 4.40. The number of hydrogen-bond acceptors (Lipinski definition) is 3. The number of Topliss-reactive ketones (excluding diaryl/α,β-unsaturated/α-hetero) is 1. The summed E-state index contributed by atoms with van der Waals surface area (Å²) in [6.07, 6.45) is 0.665. The van der Waals surface area contributed by atoms with Crippen LogP contribution in [0.1, 0.15) is 23.2 Å². The van der Waals surface area contributed by atoms with Crippen LogP contribution in [0.4, 0.5) is 0 Å². The van der Waals surface area contributed by atoms with Gasteiger partial charge in [0.2, 0.25) is 0 Å². The third kappa shape index (κ3) is 3.68. The van der Waals surface area contributed by atoms with E-state index >= 15 is 0 Å². The molecule has 1 fully saturated rings. The van der Waals surface area contributed by atoms with Gasteiger partial charge in [-0.1, -0.05) is 23.2 Å². The summed E-state index contributed by atoms with van der Waals surface area (Å²) in [7, 11) is 0. The van der Waals surface area contributed by atoms with E-state index in [1.165, 1.54) is 0 Å². The number of carbonyl (C=O) groups is 1. The largest absolute Gasteiger partial charge is 0.350 e. The number of benzene rings is 1. The Balaban J connectivity index is 1.94. The summed E-state index contributed by atoms with van der Waals surface area (Å²) in [5, 5.41) is 0.934. The highest BCUT2D eigenvalue weighted by atomic mass is 35.5. The van der Waals surface area contributed by atoms with E-state index < -0.39 is 0 Å². The zero-order valence-electron chi connectivity index (χ0n) is 9.12. The summed E-state index contributed by atoms with van der Waals surface area (Å²) in [5.74, 6) is -0.00602. The number of rotatable bonds is 4. The van der Waals surface area contributed by atoms with Crippen LogP contribution in [0.25, 0.3) is 0 Å². The SMILES string of the molecule is O=C(CCC1OCCO1)c1cc(Cl)cc(Cl)c1. The standard InChI is InChI=1S/C12H12Cl2O3/c13-9-5-8(6-10(14)7-9)11(15)1-2-12-16-3-4-17-12/h5-7,12H,1-4H2. The molecule has 0 spiro atoms. The van der Waals surface area contributed by atoms with Crippen LogP contribution in [0.5, 0.6) is 0 Å². The monoisotopic (exact) mass is 274 g/mol. The Morgan fingerprint density at radius 1 is 1.18 bits per heavy atom. The van der Waals surface area contributed by atoms with Crippen LogP contribution >= 0.6 is 23.2 Å². The first-order valence-corrected chi connectivity index (χ1v) is 6.13. The molecule has 1 aliphatic heterocycles. The third-order valence-electron chi connectivity index (χ3n) is 2.48. The van der Waals surface area contributed by atoms with Crippen molar-refractivity contribution in [3.63, 3.8) is 0 Å². The van der Waals surface area contributed by atoms with Gasteiger partial charge in [0.15, 0.2) is 12.1 Å². The van der Waals surface area contributed by atoms with Gasteiger partial charge in [-0.3, -0.25) is 4.79 Å². The molecule has 0 aliphatic carbocycles. The zero-order valence-corrected chi connectivity index (χ0v) is 10.6. The number of hydrogen-bond donors (Lipinski definition) is 0. The lowest BCUT2D eigenvalue weighted by Gasteiger charge is -2.08. The zero-order chi connectivity index (χ0) is 12.3. The maximum absolute atomic E-state index is 11.9. The van der Waals surface area contributed by atoms with Gasteiger partial charge < -0.3 is 9.47 Å². The lowest BCUT2D eigenvalue weighted by Crippen LogP contribution is -2.10. The minimum atomic E-state index is -0.256. The van der Waals surface area contributed by atoms with Crippen molar-refractivity contribution in [2.75, 3.05) is 13.2 Å². The lowest BCUT2D eigenvalue weighted by atomic mass is 10.1. The molecular formula is C12H12Cl2O3. The Morgan fingerprint density at radius 2 is 1.76 bits per heavy atom. The molecule has 0 N–H and O–H groups in total. The average Bonchev–Trinajstić information content (AvgIpc) is 2.77. The van der Waals surface area contributed by atoms with Crippen LogP contribution in [0.2, 0.25) is 10.0 Å². The first-order valence-electron chi connectivity index (χ1n) is 5.37. The van der Waals surface area contributed by atoms with Gasteiger partial charge >= 0.3 is 0 Å². The van der Waals surface area contributed by atoms with E-state index in [9.17, 15) is 4.79 Å². The molecule has 0 amide bonds. The summed E-state index contributed by atoms with van der Waals surface area (Å²) in [6, 6.07) is 4.83. The summed E-state index contributed by atoms with van der Waals surface area (Å²) >= 11 is 11.7. The number of ether oxygens (including phenoxy) is 2. The van der Waals surface area contributed by atoms with Crippen molar-refractivity contribution < 1.29 is 14.3 Å². The predicted molar refractivity (Wildman–Crippen MR) is 65.7 cm³/mol. The van der Waals surface area contributed by atoms with Crippen molar-refractivity contribution in [2.24, 2.45) is 0 Å². The van der Waals surface area contributed by atoms with Crippen LogP contribution in [-0.4, -0.2) is 25.3 Å². The number of carbonyl (C=O) groups excluding carboxylic acids is 1. The highest BCUT2D eigenvalue weighted by Crippen LogP contribution is 2.21. The molecule has 1 aromatic carbocycles. The molecule has 1 saturated heterocycles. The molecule has 0 atom stereocenters. The van der Waals surface area contributed by atoms with Crippen molar-refractivity contribution in [3.8, 4) is 0 Å². The molecular weight excluding hydrogens is 263 g/mol. The van der Waals surface area contributed by atoms with Gasteiger partial charge in [-0.2, -0.15) is 0 Å². The lowest BCUT2D eigenvalue weighted by molar-refractivity contribution is -0.0464. The van der Waals surface area contributed by atoms with Gasteiger partial charge in [0, 0.05) is 28.5 Å². The van der Waals surface area contributed by atoms with Gasteiger partial charge in [-0.25, -0.2) is 0 Å². The van der Waals surface area contributed by atoms with Crippen molar-refractivity contribution in [1.82, 2.24) is 0 Å². The predicted octanol–water partition coefficient (Wildman–Crippen LogP) is 3.33. The molecule has 2 rings (SSSR count). The van der Waals surface area contributed by atoms with Crippen LogP contribution in [0.15, 0.2) is 18.2 Å². The van der Waals surface area contributed by atoms with Crippen LogP contribution < -0.4 is 0 Å². The molecule has 1 aromatic rings. The van der Waals surface area contributed by atoms with E-state index in [4.69, 9.17) is 32.7 Å². The summed E-state index contributed by atoms with van der Waals surface area (Å²) in [5.41, 5.74) is 0.528. The molecule has 1 aliphatic rings. The molecule has 5 heteroatoms. The third-order valence-corrected chi connectivity index (χ3v) is 2.92. The second-order valence-electron chi connectivity index (χ2n) is 3.79. The first kappa shape index (κ1) is 12.8. The summed E-state index contributed by atoms with van der Waals surface area (Å²) in [4.78, 5) is 11.9. The van der Waals surface area contributed by atoms with E-state index in [1.54, 1.807) is 18.2 Å². The van der Waals surface area contributed by atoms with E-state index in [1.807, 2.05) is 0 Å². The van der Waals surface area contributed by atoms with E-state index in [-0.39, 0.29) is 12.1 Å². The summed E-state index contributed by atoms with van der Waals surface area (Å²) < 4.78 is 10.5. The highest BCUT2D eigenvalue weighted by Gasteiger charge is 2.18. The average molecular weight is 275 g/mol. The fourth-order valence-electron chi connectivity index (χ4n) is 1.68. The molecule has 0 saturated carbocycles. The normalized spacial score (nSPS) is 16.4. The number of halogens is 2. The van der Waals surface area contributed by atoms with E-state index in [0.29, 0.717) is 41.7 Å². The molecule has 3 nitrogen and oxygen atoms in total. The van der Waals surface area contributed by atoms with Gasteiger partial charge in [0.25, 0.3) is 0 Å².